The Hall–Kier alpha value is 0.430. The van der Waals surface area contributed by atoms with Crippen molar-refractivity contribution >= 4 is 7.92 Å². The van der Waals surface area contributed by atoms with Crippen LogP contribution in [-0.2, 0) is 0 Å². The van der Waals surface area contributed by atoms with Crippen LogP contribution in [0.1, 0.15) is 64.2 Å². The third kappa shape index (κ3) is 2.72. The number of hydrogen-bond donors (Lipinski definition) is 0. The van der Waals surface area contributed by atoms with Crippen LogP contribution in [0.4, 0.5) is 0 Å². The zero-order valence-electron chi connectivity index (χ0n) is 9.67. The molecule has 0 heterocycles. The Morgan fingerprint density at radius 3 is 1.36 bits per heavy atom. The molecule has 0 unspecified atom stereocenters. The van der Waals surface area contributed by atoms with Gasteiger partial charge in [-0.05, 0) is 43.7 Å². The van der Waals surface area contributed by atoms with Gasteiger partial charge < -0.3 is 0 Å². The lowest BCUT2D eigenvalue weighted by Gasteiger charge is -2.36. The van der Waals surface area contributed by atoms with Gasteiger partial charge in [-0.3, -0.25) is 0 Å². The molecule has 0 nitrogen and oxygen atoms in total. The molecule has 0 aromatic carbocycles. The third-order valence-electron chi connectivity index (χ3n) is 4.30. The molecular weight excluding hydrogens is 187 g/mol. The van der Waals surface area contributed by atoms with E-state index in [1.54, 1.807) is 25.7 Å². The first-order chi connectivity index (χ1) is 6.88. The average Bonchev–Trinajstić information content (AvgIpc) is 2.30. The van der Waals surface area contributed by atoms with Gasteiger partial charge in [0.05, 0.1) is 0 Å². The van der Waals surface area contributed by atoms with Crippen molar-refractivity contribution < 1.29 is 0 Å². The van der Waals surface area contributed by atoms with E-state index in [4.69, 9.17) is 0 Å². The monoisotopic (exact) mass is 212 g/mol. The first kappa shape index (κ1) is 10.9. The Bertz CT molecular complexity index is 137. The molecule has 2 rings (SSSR count). The van der Waals surface area contributed by atoms with Crippen molar-refractivity contribution in [3.05, 3.63) is 0 Å². The number of hydrogen-bond acceptors (Lipinski definition) is 0. The topological polar surface area (TPSA) is 0 Å². The van der Waals surface area contributed by atoms with Crippen molar-refractivity contribution in [2.75, 3.05) is 6.66 Å². The molecule has 2 aliphatic rings. The molecule has 2 fully saturated rings. The van der Waals surface area contributed by atoms with Crippen LogP contribution >= 0.6 is 7.92 Å². The third-order valence-corrected chi connectivity index (χ3v) is 7.64. The highest BCUT2D eigenvalue weighted by atomic mass is 31.1. The molecule has 0 N–H and O–H groups in total. The van der Waals surface area contributed by atoms with Gasteiger partial charge in [-0.25, -0.2) is 0 Å². The summed E-state index contributed by atoms with van der Waals surface area (Å²) >= 11 is 0. The zero-order chi connectivity index (χ0) is 9.80. The fourth-order valence-corrected chi connectivity index (χ4v) is 6.23. The molecule has 0 aliphatic heterocycles. The van der Waals surface area contributed by atoms with Crippen LogP contribution in [0.5, 0.6) is 0 Å². The predicted octanol–water partition coefficient (Wildman–Crippen LogP) is 4.76. The minimum Gasteiger partial charge on any atom is -0.104 e. The lowest BCUT2D eigenvalue weighted by molar-refractivity contribution is 0.486. The van der Waals surface area contributed by atoms with Crippen LogP contribution < -0.4 is 0 Å². The molecule has 0 spiro atoms. The van der Waals surface area contributed by atoms with Crippen LogP contribution in [0.15, 0.2) is 0 Å². The van der Waals surface area contributed by atoms with E-state index in [9.17, 15) is 0 Å². The van der Waals surface area contributed by atoms with E-state index < -0.39 is 0 Å². The SMILES string of the molecule is CP(C1CCCCC1)C1CCCCC1. The van der Waals surface area contributed by atoms with Crippen LogP contribution in [-0.4, -0.2) is 18.0 Å². The van der Waals surface area contributed by atoms with E-state index in [1.165, 1.54) is 38.5 Å². The normalized spacial score (nSPS) is 27.0. The summed E-state index contributed by atoms with van der Waals surface area (Å²) in [6.45, 7) is 2.61. The van der Waals surface area contributed by atoms with E-state index in [0.29, 0.717) is 7.92 Å². The van der Waals surface area contributed by atoms with Crippen molar-refractivity contribution in [3.63, 3.8) is 0 Å². The first-order valence-corrected chi connectivity index (χ1v) is 8.52. The van der Waals surface area contributed by atoms with E-state index >= 15 is 0 Å². The molecule has 0 bridgehead atoms. The largest absolute Gasteiger partial charge is 0.104 e. The summed E-state index contributed by atoms with van der Waals surface area (Å²) in [5.41, 5.74) is 2.31. The Labute approximate surface area is 90.6 Å². The van der Waals surface area contributed by atoms with Gasteiger partial charge in [-0.15, -0.1) is 7.92 Å². The molecule has 14 heavy (non-hydrogen) atoms. The van der Waals surface area contributed by atoms with E-state index in [2.05, 4.69) is 6.66 Å². The molecule has 0 aromatic heterocycles. The summed E-state index contributed by atoms with van der Waals surface area (Å²) in [4.78, 5) is 0. The van der Waals surface area contributed by atoms with E-state index in [0.717, 1.165) is 11.3 Å². The molecule has 0 saturated heterocycles. The summed E-state index contributed by atoms with van der Waals surface area (Å²) in [6, 6.07) is 0. The maximum Gasteiger partial charge on any atom is -0.0209 e. The molecule has 2 saturated carbocycles. The van der Waals surface area contributed by atoms with Crippen molar-refractivity contribution in [2.24, 2.45) is 0 Å². The van der Waals surface area contributed by atoms with Gasteiger partial charge in [0.25, 0.3) is 0 Å². The minimum atomic E-state index is 0.383. The molecule has 2 aliphatic carbocycles. The average molecular weight is 212 g/mol. The Morgan fingerprint density at radius 1 is 0.643 bits per heavy atom. The summed E-state index contributed by atoms with van der Waals surface area (Å²) in [5, 5.41) is 0. The first-order valence-electron chi connectivity index (χ1n) is 6.60. The highest BCUT2D eigenvalue weighted by molar-refractivity contribution is 7.58. The summed E-state index contributed by atoms with van der Waals surface area (Å²) < 4.78 is 0. The lowest BCUT2D eigenvalue weighted by atomic mass is 9.99. The molecule has 82 valence electrons. The molecular formula is C13H25P. The van der Waals surface area contributed by atoms with Crippen molar-refractivity contribution in [1.82, 2.24) is 0 Å². The zero-order valence-corrected chi connectivity index (χ0v) is 10.6. The van der Waals surface area contributed by atoms with Crippen molar-refractivity contribution in [1.29, 1.82) is 0 Å². The summed E-state index contributed by atoms with van der Waals surface area (Å²) in [5.74, 6) is 0. The summed E-state index contributed by atoms with van der Waals surface area (Å²) in [7, 11) is 0.383. The van der Waals surface area contributed by atoms with Gasteiger partial charge in [0.15, 0.2) is 0 Å². The second-order valence-electron chi connectivity index (χ2n) is 5.25. The second kappa shape index (κ2) is 5.50. The summed E-state index contributed by atoms with van der Waals surface area (Å²) in [6.07, 6.45) is 15.4. The van der Waals surface area contributed by atoms with Gasteiger partial charge in [-0.1, -0.05) is 38.5 Å². The number of rotatable bonds is 2. The van der Waals surface area contributed by atoms with Crippen LogP contribution in [0, 0.1) is 0 Å². The maximum atomic E-state index is 2.61. The molecule has 0 aromatic rings. The smallest absolute Gasteiger partial charge is 0.0209 e. The van der Waals surface area contributed by atoms with Gasteiger partial charge in [0.2, 0.25) is 0 Å². The quantitative estimate of drug-likeness (QED) is 0.579. The molecule has 0 atom stereocenters. The Balaban J connectivity index is 1.82. The van der Waals surface area contributed by atoms with Gasteiger partial charge in [0.1, 0.15) is 0 Å². The predicted molar refractivity (Wildman–Crippen MR) is 66.6 cm³/mol. The fourth-order valence-electron chi connectivity index (χ4n) is 3.27. The maximum absolute atomic E-state index is 2.61. The Morgan fingerprint density at radius 2 is 1.00 bits per heavy atom. The highest BCUT2D eigenvalue weighted by Crippen LogP contribution is 2.52. The standard InChI is InChI=1S/C13H25P/c1-14(12-8-4-2-5-9-12)13-10-6-3-7-11-13/h12-13H,2-11H2,1H3. The molecule has 0 radical (unpaired) electrons. The van der Waals surface area contributed by atoms with Crippen molar-refractivity contribution in [2.45, 2.75) is 75.5 Å². The molecule has 1 heteroatoms. The fraction of sp³-hybridized carbons (Fsp3) is 1.00. The Kier molecular flexibility index (Phi) is 4.29. The lowest BCUT2D eigenvalue weighted by Crippen LogP contribution is -2.19. The van der Waals surface area contributed by atoms with Crippen LogP contribution in [0.2, 0.25) is 0 Å². The second-order valence-corrected chi connectivity index (χ2v) is 8.04. The van der Waals surface area contributed by atoms with Crippen LogP contribution in [0.3, 0.4) is 0 Å². The van der Waals surface area contributed by atoms with Gasteiger partial charge >= 0.3 is 0 Å². The van der Waals surface area contributed by atoms with Gasteiger partial charge in [0, 0.05) is 0 Å². The van der Waals surface area contributed by atoms with Gasteiger partial charge in [-0.2, -0.15) is 0 Å². The molecule has 0 amide bonds. The van der Waals surface area contributed by atoms with E-state index in [-0.39, 0.29) is 0 Å². The highest BCUT2D eigenvalue weighted by Gasteiger charge is 2.27. The van der Waals surface area contributed by atoms with E-state index in [1.807, 2.05) is 0 Å². The van der Waals surface area contributed by atoms with Crippen molar-refractivity contribution in [3.8, 4) is 0 Å². The minimum absolute atomic E-state index is 0.383. The van der Waals surface area contributed by atoms with Crippen LogP contribution in [0.25, 0.3) is 0 Å².